The zero-order chi connectivity index (χ0) is 18.4. The zero-order valence-electron chi connectivity index (χ0n) is 14.5. The number of nitro groups is 1. The van der Waals surface area contributed by atoms with E-state index in [2.05, 4.69) is 10.7 Å². The van der Waals surface area contributed by atoms with Gasteiger partial charge in [-0.2, -0.15) is 0 Å². The summed E-state index contributed by atoms with van der Waals surface area (Å²) in [6.45, 7) is 2.09. The predicted molar refractivity (Wildman–Crippen MR) is 99.8 cm³/mol. The van der Waals surface area contributed by atoms with Crippen LogP contribution in [0.4, 0.5) is 11.4 Å². The number of anilines is 1. The smallest absolute Gasteiger partial charge is 0.293 e. The van der Waals surface area contributed by atoms with Gasteiger partial charge in [0.2, 0.25) is 0 Å². The third-order valence-electron chi connectivity index (χ3n) is 4.40. The van der Waals surface area contributed by atoms with Gasteiger partial charge < -0.3 is 5.32 Å². The summed E-state index contributed by atoms with van der Waals surface area (Å²) in [6, 6.07) is 14.2. The van der Waals surface area contributed by atoms with Crippen molar-refractivity contribution in [2.75, 3.05) is 18.4 Å². The van der Waals surface area contributed by atoms with Crippen LogP contribution in [0, 0.1) is 10.1 Å². The Morgan fingerprint density at radius 2 is 1.81 bits per heavy atom. The first kappa shape index (κ1) is 17.9. The third kappa shape index (κ3) is 4.58. The number of nitrogens with zero attached hydrogens (tertiary/aromatic N) is 2. The number of hydrogen-bond donors (Lipinski definition) is 2. The molecule has 0 aromatic heterocycles. The van der Waals surface area contributed by atoms with E-state index in [9.17, 15) is 14.9 Å². The first-order valence-corrected chi connectivity index (χ1v) is 8.75. The van der Waals surface area contributed by atoms with Crippen LogP contribution in [0.3, 0.4) is 0 Å². The van der Waals surface area contributed by atoms with Gasteiger partial charge in [-0.05, 0) is 30.5 Å². The quantitative estimate of drug-likeness (QED) is 0.614. The molecule has 3 rings (SSSR count). The van der Waals surface area contributed by atoms with E-state index in [4.69, 9.17) is 0 Å². The van der Waals surface area contributed by atoms with Gasteiger partial charge in [0.15, 0.2) is 0 Å². The molecule has 1 amide bonds. The summed E-state index contributed by atoms with van der Waals surface area (Å²) in [4.78, 5) is 23.3. The highest BCUT2D eigenvalue weighted by molar-refractivity contribution is 5.95. The Morgan fingerprint density at radius 3 is 2.50 bits per heavy atom. The van der Waals surface area contributed by atoms with Crippen LogP contribution in [-0.2, 0) is 6.54 Å². The second-order valence-corrected chi connectivity index (χ2v) is 6.32. The molecule has 1 fully saturated rings. The van der Waals surface area contributed by atoms with Gasteiger partial charge in [-0.3, -0.25) is 20.3 Å². The van der Waals surface area contributed by atoms with Crippen LogP contribution in [-0.4, -0.2) is 28.9 Å². The maximum Gasteiger partial charge on any atom is 0.293 e. The number of rotatable bonds is 6. The largest absolute Gasteiger partial charge is 0.375 e. The molecule has 7 heteroatoms. The van der Waals surface area contributed by atoms with Gasteiger partial charge in [-0.25, -0.2) is 5.01 Å². The van der Waals surface area contributed by atoms with E-state index in [0.717, 1.165) is 31.5 Å². The van der Waals surface area contributed by atoms with Crippen LogP contribution in [0.25, 0.3) is 0 Å². The number of nitro benzene ring substituents is 1. The van der Waals surface area contributed by atoms with Gasteiger partial charge in [0.25, 0.3) is 11.6 Å². The lowest BCUT2D eigenvalue weighted by atomic mass is 10.1. The van der Waals surface area contributed by atoms with Crippen molar-refractivity contribution in [3.05, 3.63) is 69.8 Å². The molecule has 1 aliphatic rings. The first-order valence-electron chi connectivity index (χ1n) is 8.75. The van der Waals surface area contributed by atoms with E-state index in [1.54, 1.807) is 12.1 Å². The van der Waals surface area contributed by atoms with Crippen molar-refractivity contribution in [3.8, 4) is 0 Å². The molecule has 0 spiro atoms. The fraction of sp³-hybridized carbons (Fsp3) is 0.316. The van der Waals surface area contributed by atoms with Crippen LogP contribution in [0.15, 0.2) is 48.5 Å². The standard InChI is InChI=1S/C19H22N4O3/c24-19(21-22-11-5-2-6-12-22)16-9-10-17(18(13-16)23(25)26)20-14-15-7-3-1-4-8-15/h1,3-4,7-10,13,20H,2,5-6,11-12,14H2,(H,21,24). The summed E-state index contributed by atoms with van der Waals surface area (Å²) in [5.74, 6) is -0.315. The monoisotopic (exact) mass is 354 g/mol. The number of nitrogens with one attached hydrogen (secondary N) is 2. The number of carbonyl (C=O) groups is 1. The van der Waals surface area contributed by atoms with Crippen molar-refractivity contribution < 1.29 is 9.72 Å². The maximum absolute atomic E-state index is 12.4. The average Bonchev–Trinajstić information content (AvgIpc) is 2.67. The van der Waals surface area contributed by atoms with Crippen molar-refractivity contribution in [2.45, 2.75) is 25.8 Å². The van der Waals surface area contributed by atoms with E-state index in [-0.39, 0.29) is 17.2 Å². The summed E-state index contributed by atoms with van der Waals surface area (Å²) in [5.41, 5.74) is 4.43. The number of hydrazine groups is 1. The summed E-state index contributed by atoms with van der Waals surface area (Å²) < 4.78 is 0. The van der Waals surface area contributed by atoms with Crippen molar-refractivity contribution in [2.24, 2.45) is 0 Å². The minimum Gasteiger partial charge on any atom is -0.375 e. The fourth-order valence-electron chi connectivity index (χ4n) is 2.98. The lowest BCUT2D eigenvalue weighted by Crippen LogP contribution is -2.45. The molecule has 0 unspecified atom stereocenters. The highest BCUT2D eigenvalue weighted by atomic mass is 16.6. The van der Waals surface area contributed by atoms with Crippen LogP contribution >= 0.6 is 0 Å². The molecule has 1 aliphatic heterocycles. The van der Waals surface area contributed by atoms with Crippen molar-refractivity contribution in [3.63, 3.8) is 0 Å². The SMILES string of the molecule is O=C(NN1CCCCC1)c1ccc(NCc2ccccc2)c([N+](=O)[O-])c1. The molecule has 0 bridgehead atoms. The lowest BCUT2D eigenvalue weighted by Gasteiger charge is -2.26. The van der Waals surface area contributed by atoms with Crippen molar-refractivity contribution in [1.82, 2.24) is 10.4 Å². The van der Waals surface area contributed by atoms with Crippen LogP contribution < -0.4 is 10.7 Å². The third-order valence-corrected chi connectivity index (χ3v) is 4.40. The van der Waals surface area contributed by atoms with E-state index in [0.29, 0.717) is 12.2 Å². The Bertz CT molecular complexity index is 774. The molecule has 2 aromatic rings. The minimum absolute atomic E-state index is 0.104. The molecule has 26 heavy (non-hydrogen) atoms. The molecule has 1 heterocycles. The minimum atomic E-state index is -0.467. The molecular formula is C19H22N4O3. The van der Waals surface area contributed by atoms with Gasteiger partial charge in [0.05, 0.1) is 4.92 Å². The van der Waals surface area contributed by atoms with Gasteiger partial charge >= 0.3 is 0 Å². The highest BCUT2D eigenvalue weighted by Gasteiger charge is 2.19. The summed E-state index contributed by atoms with van der Waals surface area (Å²) >= 11 is 0. The number of benzene rings is 2. The normalized spacial score (nSPS) is 14.6. The van der Waals surface area contributed by atoms with E-state index >= 15 is 0 Å². The van der Waals surface area contributed by atoms with Gasteiger partial charge in [-0.15, -0.1) is 0 Å². The molecule has 0 saturated carbocycles. The molecule has 0 aliphatic carbocycles. The van der Waals surface area contributed by atoms with Crippen molar-refractivity contribution >= 4 is 17.3 Å². The van der Waals surface area contributed by atoms with Crippen LogP contribution in [0.1, 0.15) is 35.2 Å². The van der Waals surface area contributed by atoms with Gasteiger partial charge in [0, 0.05) is 31.3 Å². The molecule has 0 radical (unpaired) electrons. The molecule has 0 atom stereocenters. The molecular weight excluding hydrogens is 332 g/mol. The summed E-state index contributed by atoms with van der Waals surface area (Å²) in [7, 11) is 0. The molecule has 1 saturated heterocycles. The van der Waals surface area contributed by atoms with Crippen LogP contribution in [0.5, 0.6) is 0 Å². The second kappa shape index (κ2) is 8.44. The molecule has 2 N–H and O–H groups in total. The summed E-state index contributed by atoms with van der Waals surface area (Å²) in [5, 5.41) is 16.4. The lowest BCUT2D eigenvalue weighted by molar-refractivity contribution is -0.384. The molecule has 2 aromatic carbocycles. The van der Waals surface area contributed by atoms with E-state index in [1.165, 1.54) is 12.5 Å². The van der Waals surface area contributed by atoms with E-state index < -0.39 is 4.92 Å². The Kier molecular flexibility index (Phi) is 5.80. The highest BCUT2D eigenvalue weighted by Crippen LogP contribution is 2.26. The Balaban J connectivity index is 1.71. The average molecular weight is 354 g/mol. The number of carbonyl (C=O) groups excluding carboxylic acids is 1. The second-order valence-electron chi connectivity index (χ2n) is 6.32. The fourth-order valence-corrected chi connectivity index (χ4v) is 2.98. The Morgan fingerprint density at radius 1 is 1.08 bits per heavy atom. The van der Waals surface area contributed by atoms with Crippen LogP contribution in [0.2, 0.25) is 0 Å². The molecule has 136 valence electrons. The maximum atomic E-state index is 12.4. The summed E-state index contributed by atoms with van der Waals surface area (Å²) in [6.07, 6.45) is 3.26. The number of piperidine rings is 1. The first-order chi connectivity index (χ1) is 12.6. The zero-order valence-corrected chi connectivity index (χ0v) is 14.5. The van der Waals surface area contributed by atoms with Crippen molar-refractivity contribution in [1.29, 1.82) is 0 Å². The Labute approximate surface area is 152 Å². The predicted octanol–water partition coefficient (Wildman–Crippen LogP) is 3.34. The number of amides is 1. The Hall–Kier alpha value is -2.93. The van der Waals surface area contributed by atoms with Gasteiger partial charge in [-0.1, -0.05) is 36.8 Å². The van der Waals surface area contributed by atoms with E-state index in [1.807, 2.05) is 35.3 Å². The topological polar surface area (TPSA) is 87.5 Å². The number of hydrogen-bond acceptors (Lipinski definition) is 5. The molecule has 7 nitrogen and oxygen atoms in total. The van der Waals surface area contributed by atoms with Gasteiger partial charge in [0.1, 0.15) is 5.69 Å².